The van der Waals surface area contributed by atoms with Gasteiger partial charge in [0.05, 0.1) is 12.1 Å². The number of halogens is 1. The fraction of sp³-hybridized carbons (Fsp3) is 0.222. The van der Waals surface area contributed by atoms with E-state index in [4.69, 9.17) is 0 Å². The first-order valence-electron chi connectivity index (χ1n) is 7.56. The largest absolute Gasteiger partial charge is 0.332 e. The Kier molecular flexibility index (Phi) is 4.21. The molecular formula is C18H18FN2O2+. The lowest BCUT2D eigenvalue weighted by Crippen LogP contribution is -2.90. The summed E-state index contributed by atoms with van der Waals surface area (Å²) >= 11 is 0. The van der Waals surface area contributed by atoms with Gasteiger partial charge >= 0.3 is 0 Å². The van der Waals surface area contributed by atoms with Gasteiger partial charge in [-0.25, -0.2) is 9.29 Å². The van der Waals surface area contributed by atoms with Crippen molar-refractivity contribution in [3.05, 3.63) is 65.5 Å². The molecule has 1 fully saturated rings. The average molecular weight is 313 g/mol. The molecule has 2 N–H and O–H groups in total. The topological polar surface area (TPSA) is 54.0 Å². The Labute approximate surface area is 133 Å². The maximum absolute atomic E-state index is 12.9. The van der Waals surface area contributed by atoms with Gasteiger partial charge in [-0.15, -0.1) is 0 Å². The number of quaternary nitrogens is 1. The highest BCUT2D eigenvalue weighted by Gasteiger charge is 2.42. The number of carbonyl (C=O) groups is 2. The second kappa shape index (κ2) is 6.30. The number of hydrogen-bond donors (Lipinski definition) is 1. The SMILES string of the molecule is Cc1ccc(N2C(=O)CC([NH2+]Cc3ccc(F)cc3)C2=O)cc1. The van der Waals surface area contributed by atoms with Crippen LogP contribution in [0.5, 0.6) is 0 Å². The molecule has 23 heavy (non-hydrogen) atoms. The number of anilines is 1. The molecule has 0 aliphatic carbocycles. The molecule has 1 atom stereocenters. The molecule has 1 saturated heterocycles. The van der Waals surface area contributed by atoms with Gasteiger partial charge in [0, 0.05) is 5.56 Å². The lowest BCUT2D eigenvalue weighted by Gasteiger charge is -2.14. The Morgan fingerprint density at radius 2 is 1.74 bits per heavy atom. The molecule has 0 spiro atoms. The predicted molar refractivity (Wildman–Crippen MR) is 84.1 cm³/mol. The molecule has 1 aliphatic rings. The number of nitrogens with zero attached hydrogens (tertiary/aromatic N) is 1. The van der Waals surface area contributed by atoms with Gasteiger partial charge in [-0.2, -0.15) is 0 Å². The van der Waals surface area contributed by atoms with Gasteiger partial charge in [0.1, 0.15) is 12.4 Å². The Morgan fingerprint density at radius 1 is 1.09 bits per heavy atom. The molecule has 5 heteroatoms. The molecule has 1 heterocycles. The van der Waals surface area contributed by atoms with Gasteiger partial charge in [-0.1, -0.05) is 29.8 Å². The standard InChI is InChI=1S/C18H17FN2O2/c1-12-2-8-15(9-3-12)21-17(22)10-16(18(21)23)20-11-13-4-6-14(19)7-5-13/h2-9,16,20H,10-11H2,1H3/p+1. The maximum atomic E-state index is 12.9. The molecule has 3 rings (SSSR count). The molecule has 4 nitrogen and oxygen atoms in total. The van der Waals surface area contributed by atoms with Crippen molar-refractivity contribution in [3.8, 4) is 0 Å². The van der Waals surface area contributed by atoms with Gasteiger partial charge in [-0.05, 0) is 31.2 Å². The summed E-state index contributed by atoms with van der Waals surface area (Å²) in [5, 5.41) is 1.83. The monoisotopic (exact) mass is 313 g/mol. The summed E-state index contributed by atoms with van der Waals surface area (Å²) in [5.41, 5.74) is 2.61. The summed E-state index contributed by atoms with van der Waals surface area (Å²) in [6.45, 7) is 2.49. The number of rotatable bonds is 4. The van der Waals surface area contributed by atoms with Crippen LogP contribution in [0.25, 0.3) is 0 Å². The number of aryl methyl sites for hydroxylation is 1. The van der Waals surface area contributed by atoms with E-state index in [1.807, 2.05) is 24.4 Å². The van der Waals surface area contributed by atoms with Crippen LogP contribution in [-0.2, 0) is 16.1 Å². The number of amides is 2. The van der Waals surface area contributed by atoms with Gasteiger partial charge in [-0.3, -0.25) is 9.59 Å². The summed E-state index contributed by atoms with van der Waals surface area (Å²) in [5.74, 6) is -0.661. The molecule has 0 bridgehead atoms. The highest BCUT2D eigenvalue weighted by Crippen LogP contribution is 2.22. The van der Waals surface area contributed by atoms with Gasteiger partial charge in [0.25, 0.3) is 5.91 Å². The van der Waals surface area contributed by atoms with Crippen LogP contribution in [0.4, 0.5) is 10.1 Å². The lowest BCUT2D eigenvalue weighted by molar-refractivity contribution is -0.690. The highest BCUT2D eigenvalue weighted by atomic mass is 19.1. The van der Waals surface area contributed by atoms with Crippen molar-refractivity contribution in [2.24, 2.45) is 0 Å². The highest BCUT2D eigenvalue weighted by molar-refractivity contribution is 6.21. The quantitative estimate of drug-likeness (QED) is 0.870. The van der Waals surface area contributed by atoms with Crippen LogP contribution in [-0.4, -0.2) is 17.9 Å². The molecular weight excluding hydrogens is 295 g/mol. The number of carbonyl (C=O) groups excluding carboxylic acids is 2. The van der Waals surface area contributed by atoms with E-state index in [1.54, 1.807) is 24.3 Å². The lowest BCUT2D eigenvalue weighted by atomic mass is 10.2. The molecule has 0 saturated carbocycles. The van der Waals surface area contributed by atoms with E-state index in [9.17, 15) is 14.0 Å². The van der Waals surface area contributed by atoms with Crippen LogP contribution in [0.2, 0.25) is 0 Å². The van der Waals surface area contributed by atoms with Gasteiger partial charge in [0.15, 0.2) is 6.04 Å². The van der Waals surface area contributed by atoms with Crippen LogP contribution in [0.3, 0.4) is 0 Å². The van der Waals surface area contributed by atoms with E-state index in [-0.39, 0.29) is 24.1 Å². The maximum Gasteiger partial charge on any atom is 0.292 e. The molecule has 1 aliphatic heterocycles. The third kappa shape index (κ3) is 3.29. The van der Waals surface area contributed by atoms with Crippen molar-refractivity contribution < 1.29 is 19.3 Å². The molecule has 0 aromatic heterocycles. The van der Waals surface area contributed by atoms with Crippen molar-refractivity contribution in [3.63, 3.8) is 0 Å². The minimum absolute atomic E-state index is 0.181. The predicted octanol–water partition coefficient (Wildman–Crippen LogP) is 1.53. The molecule has 1 unspecified atom stereocenters. The molecule has 2 aromatic rings. The second-order valence-electron chi connectivity index (χ2n) is 5.78. The Hall–Kier alpha value is -2.53. The third-order valence-corrected chi connectivity index (χ3v) is 4.03. The van der Waals surface area contributed by atoms with E-state index < -0.39 is 6.04 Å². The summed E-state index contributed by atoms with van der Waals surface area (Å²) in [7, 11) is 0. The number of hydrogen-bond acceptors (Lipinski definition) is 2. The Balaban J connectivity index is 1.68. The van der Waals surface area contributed by atoms with E-state index in [2.05, 4.69) is 0 Å². The summed E-state index contributed by atoms with van der Waals surface area (Å²) in [6, 6.07) is 13.1. The molecule has 118 valence electrons. The first-order chi connectivity index (χ1) is 11.0. The van der Waals surface area contributed by atoms with Crippen molar-refractivity contribution in [2.45, 2.75) is 25.9 Å². The normalized spacial score (nSPS) is 17.8. The summed E-state index contributed by atoms with van der Waals surface area (Å²) < 4.78 is 12.9. The fourth-order valence-electron chi connectivity index (χ4n) is 2.70. The van der Waals surface area contributed by atoms with E-state index >= 15 is 0 Å². The summed E-state index contributed by atoms with van der Waals surface area (Å²) in [6.07, 6.45) is 0.188. The van der Waals surface area contributed by atoms with Gasteiger partial charge in [0.2, 0.25) is 5.91 Å². The molecule has 2 amide bonds. The van der Waals surface area contributed by atoms with Crippen molar-refractivity contribution in [1.29, 1.82) is 0 Å². The zero-order chi connectivity index (χ0) is 16.4. The zero-order valence-corrected chi connectivity index (χ0v) is 12.8. The Bertz CT molecular complexity index is 726. The van der Waals surface area contributed by atoms with Crippen LogP contribution in [0, 0.1) is 12.7 Å². The van der Waals surface area contributed by atoms with Gasteiger partial charge < -0.3 is 5.32 Å². The van der Waals surface area contributed by atoms with Crippen LogP contribution in [0.15, 0.2) is 48.5 Å². The first-order valence-corrected chi connectivity index (χ1v) is 7.56. The summed E-state index contributed by atoms with van der Waals surface area (Å²) in [4.78, 5) is 25.9. The number of benzene rings is 2. The van der Waals surface area contributed by atoms with Crippen LogP contribution < -0.4 is 10.2 Å². The third-order valence-electron chi connectivity index (χ3n) is 4.03. The number of nitrogens with two attached hydrogens (primary N) is 1. The van der Waals surface area contributed by atoms with E-state index in [0.29, 0.717) is 12.2 Å². The number of imide groups is 1. The fourth-order valence-corrected chi connectivity index (χ4v) is 2.70. The minimum Gasteiger partial charge on any atom is -0.332 e. The van der Waals surface area contributed by atoms with Crippen LogP contribution >= 0.6 is 0 Å². The molecule has 0 radical (unpaired) electrons. The zero-order valence-electron chi connectivity index (χ0n) is 12.8. The second-order valence-corrected chi connectivity index (χ2v) is 5.78. The average Bonchev–Trinajstić information content (AvgIpc) is 2.82. The molecule has 2 aromatic carbocycles. The van der Waals surface area contributed by atoms with Crippen LogP contribution in [0.1, 0.15) is 17.5 Å². The minimum atomic E-state index is -0.422. The first kappa shape index (κ1) is 15.4. The Morgan fingerprint density at radius 3 is 2.39 bits per heavy atom. The van der Waals surface area contributed by atoms with Crippen molar-refractivity contribution in [1.82, 2.24) is 0 Å². The van der Waals surface area contributed by atoms with Crippen molar-refractivity contribution in [2.75, 3.05) is 4.90 Å². The van der Waals surface area contributed by atoms with Crippen molar-refractivity contribution >= 4 is 17.5 Å². The van der Waals surface area contributed by atoms with E-state index in [0.717, 1.165) is 11.1 Å². The smallest absolute Gasteiger partial charge is 0.292 e. The van der Waals surface area contributed by atoms with E-state index in [1.165, 1.54) is 17.0 Å².